The van der Waals surface area contributed by atoms with E-state index in [2.05, 4.69) is 5.10 Å². The van der Waals surface area contributed by atoms with Gasteiger partial charge >= 0.3 is 6.09 Å². The van der Waals surface area contributed by atoms with Gasteiger partial charge < -0.3 is 15.4 Å². The molecule has 0 fully saturated rings. The highest BCUT2D eigenvalue weighted by Crippen LogP contribution is 2.11. The highest BCUT2D eigenvalue weighted by Gasteiger charge is 2.21. The van der Waals surface area contributed by atoms with E-state index in [1.165, 1.54) is 9.58 Å². The molecule has 1 rings (SSSR count). The number of primary amides is 1. The first kappa shape index (κ1) is 15.0. The minimum absolute atomic E-state index is 0.176. The second-order valence-corrected chi connectivity index (χ2v) is 5.35. The van der Waals surface area contributed by atoms with Gasteiger partial charge in [-0.1, -0.05) is 0 Å². The third-order valence-corrected chi connectivity index (χ3v) is 2.33. The molecule has 0 aromatic carbocycles. The highest BCUT2D eigenvalue weighted by atomic mass is 16.6. The van der Waals surface area contributed by atoms with Crippen LogP contribution in [0.4, 0.5) is 4.79 Å². The number of nitrogens with zero attached hydrogens (tertiary/aromatic N) is 3. The maximum atomic E-state index is 11.8. The summed E-state index contributed by atoms with van der Waals surface area (Å²) in [6.07, 6.45) is -0.436. The molecular formula is C12H20N4O3. The van der Waals surface area contributed by atoms with Crippen molar-refractivity contribution in [1.82, 2.24) is 14.7 Å². The fraction of sp³-hybridized carbons (Fsp3) is 0.583. The molecule has 1 aromatic heterocycles. The minimum atomic E-state index is -0.596. The number of nitrogens with two attached hydrogens (primary N) is 1. The minimum Gasteiger partial charge on any atom is -0.444 e. The number of carbonyl (C=O) groups is 2. The van der Waals surface area contributed by atoms with Crippen LogP contribution in [0, 0.1) is 0 Å². The molecule has 0 unspecified atom stereocenters. The predicted molar refractivity (Wildman–Crippen MR) is 69.4 cm³/mol. The van der Waals surface area contributed by atoms with Crippen molar-refractivity contribution in [1.29, 1.82) is 0 Å². The van der Waals surface area contributed by atoms with Gasteiger partial charge in [-0.3, -0.25) is 9.48 Å². The summed E-state index contributed by atoms with van der Waals surface area (Å²) in [4.78, 5) is 24.2. The number of aromatic nitrogens is 2. The van der Waals surface area contributed by atoms with Crippen molar-refractivity contribution < 1.29 is 14.3 Å². The fourth-order valence-electron chi connectivity index (χ4n) is 1.42. The number of carbonyl (C=O) groups excluding carboxylic acids is 2. The van der Waals surface area contributed by atoms with E-state index in [-0.39, 0.29) is 12.2 Å². The summed E-state index contributed by atoms with van der Waals surface area (Å²) in [6.45, 7) is 5.68. The molecule has 0 aliphatic heterocycles. The molecule has 0 spiro atoms. The Kier molecular flexibility index (Phi) is 4.18. The molecule has 0 radical (unpaired) electrons. The predicted octanol–water partition coefficient (Wildman–Crippen LogP) is 0.886. The second-order valence-electron chi connectivity index (χ2n) is 5.35. The van der Waals surface area contributed by atoms with Crippen LogP contribution in [-0.2, 0) is 18.3 Å². The van der Waals surface area contributed by atoms with E-state index in [0.29, 0.717) is 5.69 Å². The average Bonchev–Trinajstić information content (AvgIpc) is 2.58. The Labute approximate surface area is 112 Å². The first-order valence-electron chi connectivity index (χ1n) is 5.87. The van der Waals surface area contributed by atoms with Crippen LogP contribution in [0.2, 0.25) is 0 Å². The highest BCUT2D eigenvalue weighted by molar-refractivity contribution is 5.90. The van der Waals surface area contributed by atoms with E-state index in [9.17, 15) is 9.59 Å². The van der Waals surface area contributed by atoms with Crippen molar-refractivity contribution in [2.24, 2.45) is 12.8 Å². The molecule has 0 aliphatic carbocycles. The quantitative estimate of drug-likeness (QED) is 0.881. The van der Waals surface area contributed by atoms with Crippen LogP contribution in [0.15, 0.2) is 6.07 Å². The Bertz CT molecular complexity index is 488. The largest absolute Gasteiger partial charge is 0.444 e. The van der Waals surface area contributed by atoms with Crippen molar-refractivity contribution in [3.63, 3.8) is 0 Å². The first-order valence-corrected chi connectivity index (χ1v) is 5.87. The third-order valence-electron chi connectivity index (χ3n) is 2.33. The summed E-state index contributed by atoms with van der Waals surface area (Å²) < 4.78 is 6.75. The van der Waals surface area contributed by atoms with E-state index in [4.69, 9.17) is 10.5 Å². The van der Waals surface area contributed by atoms with Gasteiger partial charge in [0.2, 0.25) is 0 Å². The van der Waals surface area contributed by atoms with Crippen LogP contribution in [0.25, 0.3) is 0 Å². The molecule has 0 saturated heterocycles. The molecule has 0 saturated carbocycles. The summed E-state index contributed by atoms with van der Waals surface area (Å²) in [5.74, 6) is -0.596. The van der Waals surface area contributed by atoms with Gasteiger partial charge in [-0.15, -0.1) is 0 Å². The zero-order chi connectivity index (χ0) is 14.8. The fourth-order valence-corrected chi connectivity index (χ4v) is 1.42. The Morgan fingerprint density at radius 2 is 2.05 bits per heavy atom. The monoisotopic (exact) mass is 268 g/mol. The van der Waals surface area contributed by atoms with Crippen molar-refractivity contribution in [3.05, 3.63) is 17.5 Å². The van der Waals surface area contributed by atoms with Crippen LogP contribution < -0.4 is 5.73 Å². The number of aryl methyl sites for hydroxylation is 1. The van der Waals surface area contributed by atoms with Crippen LogP contribution in [0.5, 0.6) is 0 Å². The smallest absolute Gasteiger partial charge is 0.410 e. The Morgan fingerprint density at radius 3 is 2.47 bits per heavy atom. The van der Waals surface area contributed by atoms with Gasteiger partial charge in [0.1, 0.15) is 11.3 Å². The molecule has 0 bridgehead atoms. The van der Waals surface area contributed by atoms with Crippen LogP contribution in [-0.4, -0.2) is 39.3 Å². The van der Waals surface area contributed by atoms with Crippen LogP contribution in [0.3, 0.4) is 0 Å². The molecule has 7 nitrogen and oxygen atoms in total. The van der Waals surface area contributed by atoms with Gasteiger partial charge in [0.15, 0.2) is 0 Å². The molecule has 0 aliphatic rings. The van der Waals surface area contributed by atoms with E-state index in [1.807, 2.05) is 0 Å². The maximum absolute atomic E-state index is 11.8. The van der Waals surface area contributed by atoms with Crippen molar-refractivity contribution in [2.45, 2.75) is 32.9 Å². The molecule has 2 amide bonds. The van der Waals surface area contributed by atoms with E-state index >= 15 is 0 Å². The van der Waals surface area contributed by atoms with Crippen LogP contribution >= 0.6 is 0 Å². The summed E-state index contributed by atoms with van der Waals surface area (Å²) >= 11 is 0. The number of amides is 2. The molecular weight excluding hydrogens is 248 g/mol. The second kappa shape index (κ2) is 5.29. The Balaban J connectivity index is 2.74. The van der Waals surface area contributed by atoms with E-state index in [1.54, 1.807) is 40.9 Å². The SMILES string of the molecule is CN(Cc1cc(C(N)=O)nn1C)C(=O)OC(C)(C)C. The lowest BCUT2D eigenvalue weighted by Crippen LogP contribution is -2.34. The van der Waals surface area contributed by atoms with Crippen LogP contribution in [0.1, 0.15) is 37.0 Å². The summed E-state index contributed by atoms with van der Waals surface area (Å²) in [5, 5.41) is 3.96. The summed E-state index contributed by atoms with van der Waals surface area (Å²) in [5.41, 5.74) is 5.48. The first-order chi connectivity index (χ1) is 8.60. The van der Waals surface area contributed by atoms with Gasteiger partial charge in [0, 0.05) is 14.1 Å². The van der Waals surface area contributed by atoms with Gasteiger partial charge in [-0.05, 0) is 26.8 Å². The normalized spacial score (nSPS) is 11.2. The number of ether oxygens (including phenoxy) is 1. The lowest BCUT2D eigenvalue weighted by atomic mass is 10.2. The third kappa shape index (κ3) is 4.27. The summed E-state index contributed by atoms with van der Waals surface area (Å²) in [7, 11) is 3.30. The Morgan fingerprint density at radius 1 is 1.47 bits per heavy atom. The molecule has 2 N–H and O–H groups in total. The average molecular weight is 268 g/mol. The zero-order valence-electron chi connectivity index (χ0n) is 11.9. The molecule has 1 aromatic rings. The van der Waals surface area contributed by atoms with Crippen molar-refractivity contribution in [3.8, 4) is 0 Å². The van der Waals surface area contributed by atoms with Crippen molar-refractivity contribution >= 4 is 12.0 Å². The standard InChI is InChI=1S/C12H20N4O3/c1-12(2,3)19-11(18)15(4)7-8-6-9(10(13)17)14-16(8)5/h6H,7H2,1-5H3,(H2,13,17). The van der Waals surface area contributed by atoms with E-state index in [0.717, 1.165) is 0 Å². The van der Waals surface area contributed by atoms with Gasteiger partial charge in [-0.2, -0.15) is 5.10 Å². The van der Waals surface area contributed by atoms with Gasteiger partial charge in [-0.25, -0.2) is 4.79 Å². The molecule has 7 heteroatoms. The lowest BCUT2D eigenvalue weighted by molar-refractivity contribution is 0.0281. The zero-order valence-corrected chi connectivity index (χ0v) is 11.9. The van der Waals surface area contributed by atoms with Gasteiger partial charge in [0.05, 0.1) is 12.2 Å². The topological polar surface area (TPSA) is 90.5 Å². The molecule has 19 heavy (non-hydrogen) atoms. The van der Waals surface area contributed by atoms with Gasteiger partial charge in [0.25, 0.3) is 5.91 Å². The molecule has 0 atom stereocenters. The molecule has 1 heterocycles. The van der Waals surface area contributed by atoms with Crippen molar-refractivity contribution in [2.75, 3.05) is 7.05 Å². The number of rotatable bonds is 3. The Hall–Kier alpha value is -2.05. The van der Waals surface area contributed by atoms with E-state index < -0.39 is 17.6 Å². The summed E-state index contributed by atoms with van der Waals surface area (Å²) in [6, 6.07) is 1.56. The number of hydrogen-bond donors (Lipinski definition) is 1. The lowest BCUT2D eigenvalue weighted by Gasteiger charge is -2.24. The maximum Gasteiger partial charge on any atom is 0.410 e. The number of hydrogen-bond acceptors (Lipinski definition) is 4. The molecule has 106 valence electrons.